The number of amides is 1. The molecule has 6 heteroatoms. The van der Waals surface area contributed by atoms with Crippen molar-refractivity contribution in [2.75, 3.05) is 0 Å². The van der Waals surface area contributed by atoms with Crippen LogP contribution >= 0.6 is 11.6 Å². The molecule has 2 aromatic carbocycles. The highest BCUT2D eigenvalue weighted by Crippen LogP contribution is 2.22. The zero-order chi connectivity index (χ0) is 16.1. The van der Waals surface area contributed by atoms with Crippen LogP contribution in [0.25, 0.3) is 0 Å². The van der Waals surface area contributed by atoms with E-state index in [2.05, 4.69) is 10.1 Å². The first-order valence-electron chi connectivity index (χ1n) is 6.57. The Balaban J connectivity index is 2.04. The number of rotatable bonds is 5. The van der Waals surface area contributed by atoms with Crippen LogP contribution in [0.4, 0.5) is 8.78 Å². The third-order valence-corrected chi connectivity index (χ3v) is 3.41. The summed E-state index contributed by atoms with van der Waals surface area (Å²) in [6.45, 7) is -1.08. The predicted octanol–water partition coefficient (Wildman–Crippen LogP) is 4.43. The molecule has 1 N–H and O–H groups in total. The Bertz CT molecular complexity index is 647. The number of hydrogen-bond acceptors (Lipinski definition) is 2. The largest absolute Gasteiger partial charge is 0.435 e. The Kier molecular flexibility index (Phi) is 5.33. The molecule has 22 heavy (non-hydrogen) atoms. The smallest absolute Gasteiger partial charge is 0.387 e. The molecule has 0 aliphatic heterocycles. The first-order chi connectivity index (χ1) is 10.5. The first kappa shape index (κ1) is 16.2. The molecule has 0 fully saturated rings. The summed E-state index contributed by atoms with van der Waals surface area (Å²) in [5.74, 6) is -0.318. The highest BCUT2D eigenvalue weighted by Gasteiger charge is 2.14. The Morgan fingerprint density at radius 2 is 1.77 bits per heavy atom. The standard InChI is InChI=1S/C16H14ClF2NO2/c1-10(13-4-2-3-5-14(13)17)20-15(21)11-6-8-12(9-7-11)22-16(18)19/h2-10,16H,1H3,(H,20,21). The van der Waals surface area contributed by atoms with E-state index < -0.39 is 6.61 Å². The molecule has 2 rings (SSSR count). The highest BCUT2D eigenvalue weighted by atomic mass is 35.5. The maximum atomic E-state index is 12.1. The normalized spacial score (nSPS) is 12.0. The van der Waals surface area contributed by atoms with Gasteiger partial charge >= 0.3 is 6.61 Å². The Hall–Kier alpha value is -2.14. The van der Waals surface area contributed by atoms with Crippen molar-refractivity contribution in [1.82, 2.24) is 5.32 Å². The van der Waals surface area contributed by atoms with Crippen molar-refractivity contribution in [2.24, 2.45) is 0 Å². The summed E-state index contributed by atoms with van der Waals surface area (Å²) in [4.78, 5) is 12.1. The molecule has 0 aromatic heterocycles. The van der Waals surface area contributed by atoms with E-state index in [0.29, 0.717) is 10.6 Å². The minimum absolute atomic E-state index is 0.00528. The second-order valence-electron chi connectivity index (χ2n) is 4.62. The molecular weight excluding hydrogens is 312 g/mol. The van der Waals surface area contributed by atoms with Gasteiger partial charge in [0, 0.05) is 10.6 Å². The monoisotopic (exact) mass is 325 g/mol. The molecular formula is C16H14ClF2NO2. The predicted molar refractivity (Wildman–Crippen MR) is 80.4 cm³/mol. The summed E-state index contributed by atoms with van der Waals surface area (Å²) in [6, 6.07) is 12.4. The van der Waals surface area contributed by atoms with Crippen LogP contribution in [0.15, 0.2) is 48.5 Å². The van der Waals surface area contributed by atoms with Crippen LogP contribution in [0.5, 0.6) is 5.75 Å². The van der Waals surface area contributed by atoms with E-state index >= 15 is 0 Å². The molecule has 0 saturated carbocycles. The van der Waals surface area contributed by atoms with Crippen molar-refractivity contribution in [2.45, 2.75) is 19.6 Å². The van der Waals surface area contributed by atoms with Crippen molar-refractivity contribution in [3.63, 3.8) is 0 Å². The third-order valence-electron chi connectivity index (χ3n) is 3.06. The number of benzene rings is 2. The number of ether oxygens (including phenoxy) is 1. The van der Waals surface area contributed by atoms with Gasteiger partial charge in [0.15, 0.2) is 0 Å². The zero-order valence-electron chi connectivity index (χ0n) is 11.7. The topological polar surface area (TPSA) is 38.3 Å². The fourth-order valence-corrected chi connectivity index (χ4v) is 2.27. The average Bonchev–Trinajstić information content (AvgIpc) is 2.47. The number of carbonyl (C=O) groups is 1. The average molecular weight is 326 g/mol. The second kappa shape index (κ2) is 7.22. The van der Waals surface area contributed by atoms with E-state index in [-0.39, 0.29) is 17.7 Å². The van der Waals surface area contributed by atoms with Crippen LogP contribution in [-0.2, 0) is 0 Å². The van der Waals surface area contributed by atoms with E-state index in [1.54, 1.807) is 6.07 Å². The molecule has 116 valence electrons. The van der Waals surface area contributed by atoms with Gasteiger partial charge in [0.1, 0.15) is 5.75 Å². The number of hydrogen-bond donors (Lipinski definition) is 1. The molecule has 1 atom stereocenters. The van der Waals surface area contributed by atoms with Gasteiger partial charge < -0.3 is 10.1 Å². The summed E-state index contributed by atoms with van der Waals surface area (Å²) in [7, 11) is 0. The maximum absolute atomic E-state index is 12.1. The SMILES string of the molecule is CC(NC(=O)c1ccc(OC(F)F)cc1)c1ccccc1Cl. The van der Waals surface area contributed by atoms with Crippen molar-refractivity contribution in [3.8, 4) is 5.75 Å². The molecule has 0 aliphatic carbocycles. The molecule has 0 spiro atoms. The fraction of sp³-hybridized carbons (Fsp3) is 0.188. The minimum Gasteiger partial charge on any atom is -0.435 e. The van der Waals surface area contributed by atoms with Crippen LogP contribution < -0.4 is 10.1 Å². The Morgan fingerprint density at radius 3 is 2.36 bits per heavy atom. The van der Waals surface area contributed by atoms with Crippen molar-refractivity contribution < 1.29 is 18.3 Å². The molecule has 2 aromatic rings. The van der Waals surface area contributed by atoms with Crippen molar-refractivity contribution in [3.05, 3.63) is 64.7 Å². The third kappa shape index (κ3) is 4.18. The van der Waals surface area contributed by atoms with Gasteiger partial charge in [0.05, 0.1) is 6.04 Å². The lowest BCUT2D eigenvalue weighted by Crippen LogP contribution is -2.26. The van der Waals surface area contributed by atoms with Crippen LogP contribution in [0.2, 0.25) is 5.02 Å². The van der Waals surface area contributed by atoms with Crippen LogP contribution in [-0.4, -0.2) is 12.5 Å². The summed E-state index contributed by atoms with van der Waals surface area (Å²) in [6.07, 6.45) is 0. The molecule has 0 radical (unpaired) electrons. The molecule has 0 heterocycles. The van der Waals surface area contributed by atoms with Crippen LogP contribution in [0.3, 0.4) is 0 Å². The maximum Gasteiger partial charge on any atom is 0.387 e. The Morgan fingerprint density at radius 1 is 1.14 bits per heavy atom. The summed E-state index contributed by atoms with van der Waals surface area (Å²) in [5.41, 5.74) is 1.15. The zero-order valence-corrected chi connectivity index (χ0v) is 12.5. The lowest BCUT2D eigenvalue weighted by molar-refractivity contribution is -0.0498. The number of alkyl halides is 2. The van der Waals surface area contributed by atoms with Gasteiger partial charge in [-0.2, -0.15) is 8.78 Å². The van der Waals surface area contributed by atoms with Crippen LogP contribution in [0, 0.1) is 0 Å². The fourth-order valence-electron chi connectivity index (χ4n) is 1.97. The van der Waals surface area contributed by atoms with E-state index in [4.69, 9.17) is 11.6 Å². The van der Waals surface area contributed by atoms with Gasteiger partial charge in [0.2, 0.25) is 0 Å². The van der Waals surface area contributed by atoms with E-state index in [0.717, 1.165) is 5.56 Å². The lowest BCUT2D eigenvalue weighted by Gasteiger charge is -2.16. The molecule has 3 nitrogen and oxygen atoms in total. The number of halogens is 3. The van der Waals surface area contributed by atoms with Crippen LogP contribution in [0.1, 0.15) is 28.9 Å². The van der Waals surface area contributed by atoms with E-state index in [1.165, 1.54) is 24.3 Å². The molecule has 0 saturated heterocycles. The molecule has 0 aliphatic rings. The van der Waals surface area contributed by atoms with Gasteiger partial charge in [-0.1, -0.05) is 29.8 Å². The van der Waals surface area contributed by atoms with E-state index in [9.17, 15) is 13.6 Å². The number of carbonyl (C=O) groups excluding carboxylic acids is 1. The number of nitrogens with one attached hydrogen (secondary N) is 1. The Labute approximate surface area is 131 Å². The van der Waals surface area contributed by atoms with Gasteiger partial charge in [-0.3, -0.25) is 4.79 Å². The van der Waals surface area contributed by atoms with Gasteiger partial charge in [-0.05, 0) is 42.8 Å². The van der Waals surface area contributed by atoms with Crippen molar-refractivity contribution in [1.29, 1.82) is 0 Å². The van der Waals surface area contributed by atoms with Crippen molar-refractivity contribution >= 4 is 17.5 Å². The quantitative estimate of drug-likeness (QED) is 0.883. The van der Waals surface area contributed by atoms with E-state index in [1.807, 2.05) is 25.1 Å². The summed E-state index contributed by atoms with van der Waals surface area (Å²) < 4.78 is 28.4. The van der Waals surface area contributed by atoms with Gasteiger partial charge in [0.25, 0.3) is 5.91 Å². The lowest BCUT2D eigenvalue weighted by atomic mass is 10.1. The molecule has 1 unspecified atom stereocenters. The summed E-state index contributed by atoms with van der Waals surface area (Å²) >= 11 is 6.08. The van der Waals surface area contributed by atoms with Gasteiger partial charge in [-0.25, -0.2) is 0 Å². The molecule has 0 bridgehead atoms. The minimum atomic E-state index is -2.89. The molecule has 1 amide bonds. The first-order valence-corrected chi connectivity index (χ1v) is 6.95. The summed E-state index contributed by atoms with van der Waals surface area (Å²) in [5, 5.41) is 3.37. The second-order valence-corrected chi connectivity index (χ2v) is 5.03. The highest BCUT2D eigenvalue weighted by molar-refractivity contribution is 6.31. The van der Waals surface area contributed by atoms with Gasteiger partial charge in [-0.15, -0.1) is 0 Å².